The van der Waals surface area contributed by atoms with E-state index < -0.39 is 35.1 Å². The number of aryl methyl sites for hydroxylation is 1. The van der Waals surface area contributed by atoms with Crippen molar-refractivity contribution in [2.45, 2.75) is 13.8 Å². The maximum absolute atomic E-state index is 12.2. The number of nitro benzene ring substituents is 1. The largest absolute Gasteiger partial charge is 0.477 e. The predicted octanol–water partition coefficient (Wildman–Crippen LogP) is 2.86. The average molecular weight is 422 g/mol. The number of hydrogen-bond acceptors (Lipinski definition) is 9. The molecular formula is C18H18N2O8S. The number of anilines is 1. The van der Waals surface area contributed by atoms with Gasteiger partial charge in [0.25, 0.3) is 5.91 Å². The molecule has 0 saturated heterocycles. The first-order valence-electron chi connectivity index (χ1n) is 8.17. The molecule has 1 amide bonds. The highest BCUT2D eigenvalue weighted by atomic mass is 32.1. The molecule has 0 unspecified atom stereocenters. The van der Waals surface area contributed by atoms with Crippen LogP contribution in [0.2, 0.25) is 0 Å². The Morgan fingerprint density at radius 2 is 1.79 bits per heavy atom. The van der Waals surface area contributed by atoms with E-state index in [4.69, 9.17) is 9.47 Å². The Morgan fingerprint density at radius 1 is 1.14 bits per heavy atom. The second kappa shape index (κ2) is 9.15. The van der Waals surface area contributed by atoms with E-state index in [0.717, 1.165) is 18.1 Å². The molecule has 0 radical (unpaired) electrons. The van der Waals surface area contributed by atoms with Gasteiger partial charge in [-0.1, -0.05) is 0 Å². The lowest BCUT2D eigenvalue weighted by Gasteiger charge is -2.09. The highest BCUT2D eigenvalue weighted by Crippen LogP contribution is 2.33. The Morgan fingerprint density at radius 3 is 2.38 bits per heavy atom. The van der Waals surface area contributed by atoms with E-state index in [9.17, 15) is 24.5 Å². The summed E-state index contributed by atoms with van der Waals surface area (Å²) in [6.07, 6.45) is 0. The lowest BCUT2D eigenvalue weighted by molar-refractivity contribution is -0.385. The summed E-state index contributed by atoms with van der Waals surface area (Å²) in [6.45, 7) is 2.98. The van der Waals surface area contributed by atoms with Crippen LogP contribution < -0.4 is 10.1 Å². The number of ether oxygens (including phenoxy) is 3. The lowest BCUT2D eigenvalue weighted by Crippen LogP contribution is -2.21. The van der Waals surface area contributed by atoms with Crippen LogP contribution in [0.4, 0.5) is 10.7 Å². The molecule has 0 atom stereocenters. The van der Waals surface area contributed by atoms with Gasteiger partial charge in [0.1, 0.15) is 5.00 Å². The van der Waals surface area contributed by atoms with Crippen molar-refractivity contribution >= 4 is 39.9 Å². The standard InChI is InChI=1S/C18H18N2O8S/c1-9-10(2)29-16(15(9)18(23)27-4)19-14(21)8-28-13-6-5-11(17(22)26-3)7-12(13)20(24)25/h5-7H,8H2,1-4H3,(H,19,21). The highest BCUT2D eigenvalue weighted by Gasteiger charge is 2.23. The Kier molecular flexibility index (Phi) is 6.89. The molecule has 0 fully saturated rings. The zero-order valence-corrected chi connectivity index (χ0v) is 16.9. The van der Waals surface area contributed by atoms with Crippen LogP contribution in [0.3, 0.4) is 0 Å². The zero-order chi connectivity index (χ0) is 21.7. The van der Waals surface area contributed by atoms with Gasteiger partial charge in [-0.05, 0) is 31.5 Å². The highest BCUT2D eigenvalue weighted by molar-refractivity contribution is 7.16. The fourth-order valence-corrected chi connectivity index (χ4v) is 3.46. The van der Waals surface area contributed by atoms with Crippen LogP contribution in [-0.2, 0) is 14.3 Å². The van der Waals surface area contributed by atoms with E-state index in [0.29, 0.717) is 10.6 Å². The third kappa shape index (κ3) is 4.88. The van der Waals surface area contributed by atoms with Gasteiger partial charge in [-0.15, -0.1) is 11.3 Å². The molecule has 2 rings (SSSR count). The number of nitrogens with zero attached hydrogens (tertiary/aromatic N) is 1. The van der Waals surface area contributed by atoms with Crippen molar-refractivity contribution in [3.8, 4) is 5.75 Å². The average Bonchev–Trinajstić information content (AvgIpc) is 2.98. The van der Waals surface area contributed by atoms with Gasteiger partial charge < -0.3 is 19.5 Å². The minimum absolute atomic E-state index is 0.0248. The number of esters is 2. The molecule has 1 aromatic carbocycles. The van der Waals surface area contributed by atoms with Crippen molar-refractivity contribution in [3.05, 3.63) is 49.9 Å². The van der Waals surface area contributed by atoms with Crippen molar-refractivity contribution in [1.82, 2.24) is 0 Å². The van der Waals surface area contributed by atoms with E-state index >= 15 is 0 Å². The van der Waals surface area contributed by atoms with Gasteiger partial charge in [0, 0.05) is 10.9 Å². The predicted molar refractivity (Wildman–Crippen MR) is 104 cm³/mol. The molecule has 0 aliphatic carbocycles. The minimum atomic E-state index is -0.740. The number of thiophene rings is 1. The van der Waals surface area contributed by atoms with E-state index in [1.54, 1.807) is 13.8 Å². The van der Waals surface area contributed by atoms with E-state index in [1.807, 2.05) is 0 Å². The van der Waals surface area contributed by atoms with Gasteiger partial charge in [-0.3, -0.25) is 14.9 Å². The van der Waals surface area contributed by atoms with Gasteiger partial charge >= 0.3 is 17.6 Å². The quantitative estimate of drug-likeness (QED) is 0.409. The zero-order valence-electron chi connectivity index (χ0n) is 16.1. The molecule has 1 heterocycles. The van der Waals surface area contributed by atoms with Crippen molar-refractivity contribution in [1.29, 1.82) is 0 Å². The van der Waals surface area contributed by atoms with Crippen LogP contribution in [0, 0.1) is 24.0 Å². The SMILES string of the molecule is COC(=O)c1ccc(OCC(=O)Nc2sc(C)c(C)c2C(=O)OC)c([N+](=O)[O-])c1. The fourth-order valence-electron chi connectivity index (χ4n) is 2.40. The lowest BCUT2D eigenvalue weighted by atomic mass is 10.1. The number of carbonyl (C=O) groups is 3. The summed E-state index contributed by atoms with van der Waals surface area (Å²) in [5.74, 6) is -2.14. The second-order valence-electron chi connectivity index (χ2n) is 5.75. The van der Waals surface area contributed by atoms with Gasteiger partial charge in [0.2, 0.25) is 0 Å². The monoisotopic (exact) mass is 422 g/mol. The number of amides is 1. The van der Waals surface area contributed by atoms with Crippen LogP contribution in [0.1, 0.15) is 31.2 Å². The Hall–Kier alpha value is -3.47. The number of nitrogens with one attached hydrogen (secondary N) is 1. The van der Waals surface area contributed by atoms with Crippen LogP contribution in [-0.4, -0.2) is 43.6 Å². The molecule has 0 aliphatic heterocycles. The number of rotatable bonds is 7. The van der Waals surface area contributed by atoms with Crippen LogP contribution in [0.15, 0.2) is 18.2 Å². The van der Waals surface area contributed by atoms with Crippen molar-refractivity contribution in [3.63, 3.8) is 0 Å². The van der Waals surface area contributed by atoms with Gasteiger partial charge in [0.05, 0.1) is 30.3 Å². The second-order valence-corrected chi connectivity index (χ2v) is 6.97. The molecule has 0 aliphatic rings. The summed E-state index contributed by atoms with van der Waals surface area (Å²) in [6, 6.07) is 3.49. The molecule has 154 valence electrons. The molecule has 10 nitrogen and oxygen atoms in total. The molecule has 1 aromatic heterocycles. The van der Waals surface area contributed by atoms with E-state index in [-0.39, 0.29) is 16.9 Å². The molecular weight excluding hydrogens is 404 g/mol. The van der Waals surface area contributed by atoms with Crippen molar-refractivity contribution < 1.29 is 33.5 Å². The summed E-state index contributed by atoms with van der Waals surface area (Å²) in [5.41, 5.74) is 0.422. The van der Waals surface area contributed by atoms with Crippen molar-refractivity contribution in [2.75, 3.05) is 26.1 Å². The number of methoxy groups -OCH3 is 2. The fraction of sp³-hybridized carbons (Fsp3) is 0.278. The third-order valence-electron chi connectivity index (χ3n) is 3.96. The van der Waals surface area contributed by atoms with Crippen LogP contribution in [0.5, 0.6) is 5.75 Å². The van der Waals surface area contributed by atoms with Gasteiger partial charge in [0.15, 0.2) is 12.4 Å². The van der Waals surface area contributed by atoms with E-state index in [2.05, 4.69) is 10.1 Å². The maximum Gasteiger partial charge on any atom is 0.341 e. The number of benzene rings is 1. The van der Waals surface area contributed by atoms with E-state index in [1.165, 1.54) is 30.6 Å². The first-order chi connectivity index (χ1) is 13.7. The molecule has 0 bridgehead atoms. The molecule has 29 heavy (non-hydrogen) atoms. The van der Waals surface area contributed by atoms with Crippen LogP contribution in [0.25, 0.3) is 0 Å². The molecule has 1 N–H and O–H groups in total. The summed E-state index contributed by atoms with van der Waals surface area (Å²) in [4.78, 5) is 47.1. The summed E-state index contributed by atoms with van der Waals surface area (Å²) in [7, 11) is 2.39. The molecule has 11 heteroatoms. The third-order valence-corrected chi connectivity index (χ3v) is 5.09. The number of hydrogen-bond donors (Lipinski definition) is 1. The van der Waals surface area contributed by atoms with Gasteiger partial charge in [-0.25, -0.2) is 9.59 Å². The number of nitro groups is 1. The summed E-state index contributed by atoms with van der Waals surface area (Å²) < 4.78 is 14.5. The Bertz CT molecular complexity index is 982. The molecule has 0 spiro atoms. The Labute approximate surface area is 169 Å². The summed E-state index contributed by atoms with van der Waals surface area (Å²) in [5, 5.41) is 14.1. The minimum Gasteiger partial charge on any atom is -0.477 e. The number of carbonyl (C=O) groups excluding carboxylic acids is 3. The maximum atomic E-state index is 12.2. The topological polar surface area (TPSA) is 134 Å². The Balaban J connectivity index is 2.16. The van der Waals surface area contributed by atoms with Crippen molar-refractivity contribution in [2.24, 2.45) is 0 Å². The summed E-state index contributed by atoms with van der Waals surface area (Å²) >= 11 is 1.20. The van der Waals surface area contributed by atoms with Gasteiger partial charge in [-0.2, -0.15) is 0 Å². The molecule has 2 aromatic rings. The normalized spacial score (nSPS) is 10.2. The smallest absolute Gasteiger partial charge is 0.341 e. The molecule has 0 saturated carbocycles. The first kappa shape index (κ1) is 21.8. The first-order valence-corrected chi connectivity index (χ1v) is 8.99. The van der Waals surface area contributed by atoms with Crippen LogP contribution >= 0.6 is 11.3 Å².